The molecule has 2 rings (SSSR count). The summed E-state index contributed by atoms with van der Waals surface area (Å²) in [6, 6.07) is 7.09. The van der Waals surface area contributed by atoms with Crippen LogP contribution < -0.4 is 11.1 Å². The predicted molar refractivity (Wildman–Crippen MR) is 75.1 cm³/mol. The number of nitrogens with one attached hydrogen (secondary N) is 1. The number of carbonyl (C=O) groups excluding carboxylic acids is 1. The molecule has 1 amide bonds. The predicted octanol–water partition coefficient (Wildman–Crippen LogP) is 1.94. The summed E-state index contributed by atoms with van der Waals surface area (Å²) in [5.41, 5.74) is 7.42. The molecule has 1 aromatic heterocycles. The third-order valence-electron chi connectivity index (χ3n) is 2.88. The summed E-state index contributed by atoms with van der Waals surface area (Å²) in [4.78, 5) is 16.0. The van der Waals surface area contributed by atoms with Crippen LogP contribution >= 0.6 is 0 Å². The number of hydrogen-bond donors (Lipinski definition) is 2. The zero-order valence-electron chi connectivity index (χ0n) is 10.9. The van der Waals surface area contributed by atoms with E-state index >= 15 is 0 Å². The molecule has 0 bridgehead atoms. The molecule has 19 heavy (non-hydrogen) atoms. The number of rotatable bonds is 5. The normalized spacial score (nSPS) is 12.1. The van der Waals surface area contributed by atoms with Gasteiger partial charge in [0.2, 0.25) is 5.91 Å². The van der Waals surface area contributed by atoms with Gasteiger partial charge in [0.25, 0.3) is 0 Å². The minimum absolute atomic E-state index is 0.158. The first-order valence-electron chi connectivity index (χ1n) is 6.36. The summed E-state index contributed by atoms with van der Waals surface area (Å²) >= 11 is 0. The molecule has 0 spiro atoms. The second-order valence-electron chi connectivity index (χ2n) is 4.37. The van der Waals surface area contributed by atoms with Gasteiger partial charge < -0.3 is 15.6 Å². The molecule has 0 aliphatic rings. The van der Waals surface area contributed by atoms with Crippen LogP contribution in [0.5, 0.6) is 0 Å². The Bertz CT molecular complexity index is 536. The SMILES string of the molecule is CCC[C@@H](N)C(=O)Nc1ccccc1-n1ccnc1. The molecule has 1 heterocycles. The van der Waals surface area contributed by atoms with Crippen LogP contribution in [0.1, 0.15) is 19.8 Å². The van der Waals surface area contributed by atoms with Crippen molar-refractivity contribution in [3.8, 4) is 5.69 Å². The smallest absolute Gasteiger partial charge is 0.241 e. The van der Waals surface area contributed by atoms with Crippen LogP contribution in [-0.2, 0) is 4.79 Å². The first-order chi connectivity index (χ1) is 9.22. The molecule has 1 aromatic carbocycles. The molecule has 0 fully saturated rings. The molecule has 0 saturated carbocycles. The lowest BCUT2D eigenvalue weighted by molar-refractivity contribution is -0.117. The average molecular weight is 258 g/mol. The lowest BCUT2D eigenvalue weighted by atomic mass is 10.1. The number of para-hydroxylation sites is 2. The fraction of sp³-hybridized carbons (Fsp3) is 0.286. The van der Waals surface area contributed by atoms with Gasteiger partial charge in [-0.25, -0.2) is 4.98 Å². The molecule has 5 heteroatoms. The molecule has 100 valence electrons. The summed E-state index contributed by atoms with van der Waals surface area (Å²) < 4.78 is 1.85. The molecular weight excluding hydrogens is 240 g/mol. The van der Waals surface area contributed by atoms with E-state index in [1.165, 1.54) is 0 Å². The van der Waals surface area contributed by atoms with E-state index in [0.29, 0.717) is 6.42 Å². The van der Waals surface area contributed by atoms with Gasteiger partial charge in [0.05, 0.1) is 23.7 Å². The van der Waals surface area contributed by atoms with E-state index in [9.17, 15) is 4.79 Å². The first kappa shape index (κ1) is 13.3. The first-order valence-corrected chi connectivity index (χ1v) is 6.36. The third-order valence-corrected chi connectivity index (χ3v) is 2.88. The topological polar surface area (TPSA) is 72.9 Å². The van der Waals surface area contributed by atoms with Crippen molar-refractivity contribution in [1.29, 1.82) is 0 Å². The molecule has 0 radical (unpaired) electrons. The Morgan fingerprint density at radius 2 is 2.26 bits per heavy atom. The second-order valence-corrected chi connectivity index (χ2v) is 4.37. The highest BCUT2D eigenvalue weighted by molar-refractivity contribution is 5.96. The highest BCUT2D eigenvalue weighted by atomic mass is 16.2. The van der Waals surface area contributed by atoms with Gasteiger partial charge in [0.15, 0.2) is 0 Å². The number of anilines is 1. The van der Waals surface area contributed by atoms with Crippen molar-refractivity contribution in [2.45, 2.75) is 25.8 Å². The number of benzene rings is 1. The van der Waals surface area contributed by atoms with Gasteiger partial charge in [-0.1, -0.05) is 25.5 Å². The van der Waals surface area contributed by atoms with Crippen molar-refractivity contribution in [2.24, 2.45) is 5.73 Å². The lowest BCUT2D eigenvalue weighted by Crippen LogP contribution is -2.35. The molecule has 0 aliphatic carbocycles. The fourth-order valence-corrected chi connectivity index (χ4v) is 1.87. The fourth-order valence-electron chi connectivity index (χ4n) is 1.87. The van der Waals surface area contributed by atoms with Crippen molar-refractivity contribution >= 4 is 11.6 Å². The summed E-state index contributed by atoms with van der Waals surface area (Å²) in [7, 11) is 0. The van der Waals surface area contributed by atoms with Crippen LogP contribution in [0.3, 0.4) is 0 Å². The Hall–Kier alpha value is -2.14. The monoisotopic (exact) mass is 258 g/mol. The molecule has 0 saturated heterocycles. The molecule has 1 atom stereocenters. The number of nitrogens with two attached hydrogens (primary N) is 1. The summed E-state index contributed by atoms with van der Waals surface area (Å²) in [6.07, 6.45) is 6.78. The molecule has 5 nitrogen and oxygen atoms in total. The maximum absolute atomic E-state index is 12.0. The maximum Gasteiger partial charge on any atom is 0.241 e. The van der Waals surface area contributed by atoms with E-state index < -0.39 is 6.04 Å². The van der Waals surface area contributed by atoms with Crippen LogP contribution in [0.15, 0.2) is 43.0 Å². The molecule has 3 N–H and O–H groups in total. The zero-order chi connectivity index (χ0) is 13.7. The van der Waals surface area contributed by atoms with Crippen molar-refractivity contribution < 1.29 is 4.79 Å². The molecular formula is C14H18N4O. The van der Waals surface area contributed by atoms with E-state index in [-0.39, 0.29) is 5.91 Å². The number of imidazole rings is 1. The highest BCUT2D eigenvalue weighted by Gasteiger charge is 2.14. The molecule has 0 aliphatic heterocycles. The van der Waals surface area contributed by atoms with E-state index in [1.54, 1.807) is 12.5 Å². The van der Waals surface area contributed by atoms with Gasteiger partial charge in [0.1, 0.15) is 0 Å². The Labute approximate surface area is 112 Å². The van der Waals surface area contributed by atoms with E-state index in [1.807, 2.05) is 42.0 Å². The van der Waals surface area contributed by atoms with Gasteiger partial charge in [-0.2, -0.15) is 0 Å². The molecule has 0 unspecified atom stereocenters. The third kappa shape index (κ3) is 3.20. The number of carbonyl (C=O) groups is 1. The molecule has 2 aromatic rings. The summed E-state index contributed by atoms with van der Waals surface area (Å²) in [6.45, 7) is 2.01. The maximum atomic E-state index is 12.0. The standard InChI is InChI=1S/C14H18N4O/c1-2-5-11(15)14(19)17-12-6-3-4-7-13(12)18-9-8-16-10-18/h3-4,6-11H,2,5,15H2,1H3,(H,17,19)/t11-/m1/s1. The van der Waals surface area contributed by atoms with Crippen LogP contribution in [0.25, 0.3) is 5.69 Å². The van der Waals surface area contributed by atoms with Crippen LogP contribution in [0.2, 0.25) is 0 Å². The van der Waals surface area contributed by atoms with E-state index in [4.69, 9.17) is 5.73 Å². The number of amides is 1. The van der Waals surface area contributed by atoms with Crippen molar-refractivity contribution in [2.75, 3.05) is 5.32 Å². The Kier molecular flexibility index (Phi) is 4.30. The van der Waals surface area contributed by atoms with Crippen LogP contribution in [-0.4, -0.2) is 21.5 Å². The second kappa shape index (κ2) is 6.15. The number of aromatic nitrogens is 2. The highest BCUT2D eigenvalue weighted by Crippen LogP contribution is 2.19. The summed E-state index contributed by atoms with van der Waals surface area (Å²) in [5, 5.41) is 2.87. The zero-order valence-corrected chi connectivity index (χ0v) is 10.9. The van der Waals surface area contributed by atoms with Crippen molar-refractivity contribution in [3.63, 3.8) is 0 Å². The van der Waals surface area contributed by atoms with E-state index in [2.05, 4.69) is 10.3 Å². The van der Waals surface area contributed by atoms with Gasteiger partial charge in [-0.3, -0.25) is 4.79 Å². The Morgan fingerprint density at radius 3 is 2.95 bits per heavy atom. The number of nitrogens with zero attached hydrogens (tertiary/aromatic N) is 2. The van der Waals surface area contributed by atoms with Crippen LogP contribution in [0, 0.1) is 0 Å². The minimum Gasteiger partial charge on any atom is -0.323 e. The lowest BCUT2D eigenvalue weighted by Gasteiger charge is -2.14. The average Bonchev–Trinajstić information content (AvgIpc) is 2.93. The van der Waals surface area contributed by atoms with Gasteiger partial charge in [-0.05, 0) is 18.6 Å². The minimum atomic E-state index is -0.471. The largest absolute Gasteiger partial charge is 0.323 e. The van der Waals surface area contributed by atoms with Gasteiger partial charge in [-0.15, -0.1) is 0 Å². The van der Waals surface area contributed by atoms with Gasteiger partial charge >= 0.3 is 0 Å². The Morgan fingerprint density at radius 1 is 1.47 bits per heavy atom. The summed E-state index contributed by atoms with van der Waals surface area (Å²) in [5.74, 6) is -0.158. The van der Waals surface area contributed by atoms with Crippen molar-refractivity contribution in [3.05, 3.63) is 43.0 Å². The van der Waals surface area contributed by atoms with Crippen molar-refractivity contribution in [1.82, 2.24) is 9.55 Å². The van der Waals surface area contributed by atoms with Crippen LogP contribution in [0.4, 0.5) is 5.69 Å². The quantitative estimate of drug-likeness (QED) is 0.860. The Balaban J connectivity index is 2.19. The van der Waals surface area contributed by atoms with Gasteiger partial charge in [0, 0.05) is 12.4 Å². The number of hydrogen-bond acceptors (Lipinski definition) is 3. The van der Waals surface area contributed by atoms with E-state index in [0.717, 1.165) is 17.8 Å².